The van der Waals surface area contributed by atoms with Crippen LogP contribution in [0.1, 0.15) is 5.56 Å². The SMILES string of the molecule is C=C(C#N)/N=C/C(=C)c1cc(OC)ncc1OC. The molecule has 0 radical (unpaired) electrons. The molecule has 0 bridgehead atoms. The lowest BCUT2D eigenvalue weighted by atomic mass is 10.1. The third-order valence-electron chi connectivity index (χ3n) is 2.12. The summed E-state index contributed by atoms with van der Waals surface area (Å²) >= 11 is 0. The Morgan fingerprint density at radius 1 is 1.44 bits per heavy atom. The van der Waals surface area contributed by atoms with E-state index >= 15 is 0 Å². The molecule has 0 aliphatic carbocycles. The average Bonchev–Trinajstić information content (AvgIpc) is 2.43. The highest BCUT2D eigenvalue weighted by Gasteiger charge is 2.08. The summed E-state index contributed by atoms with van der Waals surface area (Å²) in [6.45, 7) is 7.30. The monoisotopic (exact) mass is 243 g/mol. The number of allylic oxidation sites excluding steroid dienone is 2. The Kier molecular flexibility index (Phi) is 4.64. The average molecular weight is 243 g/mol. The summed E-state index contributed by atoms with van der Waals surface area (Å²) in [5, 5.41) is 8.55. The van der Waals surface area contributed by atoms with Crippen molar-refractivity contribution in [1.82, 2.24) is 4.98 Å². The lowest BCUT2D eigenvalue weighted by molar-refractivity contribution is 0.387. The van der Waals surface area contributed by atoms with E-state index in [1.807, 2.05) is 6.07 Å². The van der Waals surface area contributed by atoms with Crippen LogP contribution < -0.4 is 9.47 Å². The topological polar surface area (TPSA) is 67.5 Å². The molecule has 1 heterocycles. The Labute approximate surface area is 106 Å². The molecule has 5 heteroatoms. The maximum Gasteiger partial charge on any atom is 0.213 e. The number of rotatable bonds is 5. The van der Waals surface area contributed by atoms with E-state index < -0.39 is 0 Å². The molecule has 0 spiro atoms. The standard InChI is InChI=1S/C13H13N3O2/c1-9(7-15-10(2)6-14)11-5-13(18-4)16-8-12(11)17-3/h5,7-8H,1-2H2,3-4H3/b15-7+. The molecule has 18 heavy (non-hydrogen) atoms. The zero-order valence-electron chi connectivity index (χ0n) is 10.3. The van der Waals surface area contributed by atoms with Gasteiger partial charge in [-0.2, -0.15) is 5.26 Å². The van der Waals surface area contributed by atoms with E-state index in [9.17, 15) is 0 Å². The van der Waals surface area contributed by atoms with Gasteiger partial charge in [-0.25, -0.2) is 9.98 Å². The maximum atomic E-state index is 8.55. The highest BCUT2D eigenvalue weighted by Crippen LogP contribution is 2.26. The molecule has 0 amide bonds. The van der Waals surface area contributed by atoms with Crippen LogP contribution in [0.15, 0.2) is 36.1 Å². The summed E-state index contributed by atoms with van der Waals surface area (Å²) in [4.78, 5) is 7.87. The van der Waals surface area contributed by atoms with Crippen molar-refractivity contribution < 1.29 is 9.47 Å². The van der Waals surface area contributed by atoms with Gasteiger partial charge < -0.3 is 9.47 Å². The molecule has 0 fully saturated rings. The van der Waals surface area contributed by atoms with Crippen LogP contribution in [-0.2, 0) is 0 Å². The van der Waals surface area contributed by atoms with Crippen molar-refractivity contribution in [2.75, 3.05) is 14.2 Å². The Morgan fingerprint density at radius 3 is 2.72 bits per heavy atom. The van der Waals surface area contributed by atoms with Crippen molar-refractivity contribution in [3.63, 3.8) is 0 Å². The molecule has 0 saturated carbocycles. The fourth-order valence-corrected chi connectivity index (χ4v) is 1.20. The van der Waals surface area contributed by atoms with E-state index in [0.717, 1.165) is 0 Å². The van der Waals surface area contributed by atoms with Crippen LogP contribution in [0.25, 0.3) is 5.57 Å². The Hall–Kier alpha value is -2.61. The van der Waals surface area contributed by atoms with E-state index in [4.69, 9.17) is 14.7 Å². The molecule has 1 aromatic heterocycles. The molecule has 0 aromatic carbocycles. The number of methoxy groups -OCH3 is 2. The largest absolute Gasteiger partial charge is 0.494 e. The van der Waals surface area contributed by atoms with Crippen molar-refractivity contribution in [3.05, 3.63) is 36.7 Å². The van der Waals surface area contributed by atoms with Crippen LogP contribution in [0.2, 0.25) is 0 Å². The number of aliphatic imine (C=N–C) groups is 1. The van der Waals surface area contributed by atoms with E-state index in [0.29, 0.717) is 22.8 Å². The van der Waals surface area contributed by atoms with Gasteiger partial charge in [-0.15, -0.1) is 0 Å². The highest BCUT2D eigenvalue weighted by molar-refractivity contribution is 6.10. The molecule has 0 atom stereocenters. The van der Waals surface area contributed by atoms with Gasteiger partial charge in [0.2, 0.25) is 5.88 Å². The van der Waals surface area contributed by atoms with Gasteiger partial charge in [0.15, 0.2) is 0 Å². The van der Waals surface area contributed by atoms with Crippen LogP contribution in [0.5, 0.6) is 11.6 Å². The minimum Gasteiger partial charge on any atom is -0.494 e. The quantitative estimate of drug-likeness (QED) is 0.587. The smallest absolute Gasteiger partial charge is 0.213 e. The first-order chi connectivity index (χ1) is 8.62. The summed E-state index contributed by atoms with van der Waals surface area (Å²) in [6.07, 6.45) is 2.98. The van der Waals surface area contributed by atoms with Crippen LogP contribution in [0.4, 0.5) is 0 Å². The second-order valence-corrected chi connectivity index (χ2v) is 3.27. The van der Waals surface area contributed by atoms with Crippen molar-refractivity contribution in [2.24, 2.45) is 4.99 Å². The maximum absolute atomic E-state index is 8.55. The van der Waals surface area contributed by atoms with Crippen LogP contribution in [0.3, 0.4) is 0 Å². The zero-order chi connectivity index (χ0) is 13.5. The first-order valence-corrected chi connectivity index (χ1v) is 5.02. The van der Waals surface area contributed by atoms with Crippen LogP contribution >= 0.6 is 0 Å². The summed E-state index contributed by atoms with van der Waals surface area (Å²) in [5.74, 6) is 0.995. The fourth-order valence-electron chi connectivity index (χ4n) is 1.20. The zero-order valence-corrected chi connectivity index (χ0v) is 10.3. The molecule has 1 aromatic rings. The minimum absolute atomic E-state index is 0.108. The van der Waals surface area contributed by atoms with Gasteiger partial charge >= 0.3 is 0 Å². The molecule has 0 aliphatic rings. The predicted octanol–water partition coefficient (Wildman–Crippen LogP) is 2.22. The Morgan fingerprint density at radius 2 is 2.17 bits per heavy atom. The lowest BCUT2D eigenvalue weighted by Gasteiger charge is -2.09. The van der Waals surface area contributed by atoms with Crippen LogP contribution in [-0.4, -0.2) is 25.4 Å². The van der Waals surface area contributed by atoms with Crippen molar-refractivity contribution in [1.29, 1.82) is 5.26 Å². The van der Waals surface area contributed by atoms with Crippen molar-refractivity contribution in [3.8, 4) is 17.7 Å². The van der Waals surface area contributed by atoms with Crippen LogP contribution in [0, 0.1) is 11.3 Å². The second-order valence-electron chi connectivity index (χ2n) is 3.27. The van der Waals surface area contributed by atoms with Gasteiger partial charge in [0, 0.05) is 17.8 Å². The molecule has 0 unspecified atom stereocenters. The Balaban J connectivity index is 3.07. The van der Waals surface area contributed by atoms with Gasteiger partial charge in [-0.05, 0) is 5.57 Å². The van der Waals surface area contributed by atoms with Gasteiger partial charge in [0.05, 0.1) is 20.4 Å². The van der Waals surface area contributed by atoms with Gasteiger partial charge in [0.25, 0.3) is 0 Å². The number of aromatic nitrogens is 1. The Bertz CT molecular complexity index is 542. The number of nitriles is 1. The molecular formula is C13H13N3O2. The number of ether oxygens (including phenoxy) is 2. The first-order valence-electron chi connectivity index (χ1n) is 5.02. The third-order valence-corrected chi connectivity index (χ3v) is 2.12. The summed E-state index contributed by atoms with van der Waals surface area (Å²) < 4.78 is 10.2. The van der Waals surface area contributed by atoms with Gasteiger partial charge in [-0.1, -0.05) is 13.2 Å². The fraction of sp³-hybridized carbons (Fsp3) is 0.154. The molecule has 5 nitrogen and oxygen atoms in total. The predicted molar refractivity (Wildman–Crippen MR) is 69.6 cm³/mol. The summed E-state index contributed by atoms with van der Waals surface area (Å²) in [6, 6.07) is 3.50. The van der Waals surface area contributed by atoms with Crippen molar-refractivity contribution >= 4 is 11.8 Å². The summed E-state index contributed by atoms with van der Waals surface area (Å²) in [7, 11) is 3.05. The normalized spacial score (nSPS) is 9.83. The second kappa shape index (κ2) is 6.21. The molecular weight excluding hydrogens is 230 g/mol. The number of pyridine rings is 1. The minimum atomic E-state index is 0.108. The van der Waals surface area contributed by atoms with E-state index in [1.165, 1.54) is 26.6 Å². The number of hydrogen-bond acceptors (Lipinski definition) is 5. The highest BCUT2D eigenvalue weighted by atomic mass is 16.5. The lowest BCUT2D eigenvalue weighted by Crippen LogP contribution is -1.96. The van der Waals surface area contributed by atoms with Crippen molar-refractivity contribution in [2.45, 2.75) is 0 Å². The number of nitrogens with zero attached hydrogens (tertiary/aromatic N) is 3. The molecule has 0 N–H and O–H groups in total. The van der Waals surface area contributed by atoms with E-state index in [-0.39, 0.29) is 5.70 Å². The third kappa shape index (κ3) is 3.19. The molecule has 1 rings (SSSR count). The first kappa shape index (κ1) is 13.5. The van der Waals surface area contributed by atoms with E-state index in [1.54, 1.807) is 6.07 Å². The van der Waals surface area contributed by atoms with E-state index in [2.05, 4.69) is 23.1 Å². The molecule has 92 valence electrons. The summed E-state index contributed by atoms with van der Waals surface area (Å²) in [5.41, 5.74) is 1.37. The molecule has 0 saturated heterocycles. The van der Waals surface area contributed by atoms with Gasteiger partial charge in [0.1, 0.15) is 17.5 Å². The van der Waals surface area contributed by atoms with Gasteiger partial charge in [-0.3, -0.25) is 0 Å². The molecule has 0 aliphatic heterocycles. The number of hydrogen-bond donors (Lipinski definition) is 0.